The number of benzene rings is 2. The number of methoxy groups -OCH3 is 1. The van der Waals surface area contributed by atoms with Gasteiger partial charge in [-0.15, -0.1) is 0 Å². The number of halogens is 2. The number of aromatic nitrogens is 3. The van der Waals surface area contributed by atoms with Crippen molar-refractivity contribution in [2.24, 2.45) is 5.41 Å². The Hall–Kier alpha value is -3.42. The van der Waals surface area contributed by atoms with Gasteiger partial charge in [-0.3, -0.25) is 0 Å². The zero-order valence-corrected chi connectivity index (χ0v) is 24.9. The van der Waals surface area contributed by atoms with Gasteiger partial charge in [-0.1, -0.05) is 63.9 Å². The number of hydrogen-bond acceptors (Lipinski definition) is 7. The van der Waals surface area contributed by atoms with E-state index in [9.17, 15) is 4.79 Å². The molecule has 0 saturated heterocycles. The first-order valence-electron chi connectivity index (χ1n) is 14.5. The van der Waals surface area contributed by atoms with Gasteiger partial charge in [-0.2, -0.15) is 4.98 Å². The number of ether oxygens (including phenoxy) is 1. The molecule has 2 heterocycles. The molecule has 0 aliphatic heterocycles. The van der Waals surface area contributed by atoms with E-state index in [1.54, 1.807) is 18.2 Å². The zero-order valence-electron chi connectivity index (χ0n) is 23.4. The van der Waals surface area contributed by atoms with E-state index in [0.717, 1.165) is 85.9 Å². The van der Waals surface area contributed by atoms with Crippen LogP contribution in [0.2, 0.25) is 10.0 Å². The van der Waals surface area contributed by atoms with E-state index in [-0.39, 0.29) is 16.8 Å². The molecule has 0 spiro atoms. The van der Waals surface area contributed by atoms with Gasteiger partial charge in [0, 0.05) is 28.0 Å². The Morgan fingerprint density at radius 2 is 1.71 bits per heavy atom. The summed E-state index contributed by atoms with van der Waals surface area (Å²) in [5.41, 5.74) is 3.87. The Bertz CT molecular complexity index is 1640. The smallest absolute Gasteiger partial charge is 0.337 e. The van der Waals surface area contributed by atoms with Crippen LogP contribution in [-0.4, -0.2) is 28.4 Å². The number of rotatable bonds is 8. The van der Waals surface area contributed by atoms with Crippen molar-refractivity contribution in [3.63, 3.8) is 0 Å². The predicted molar refractivity (Wildman–Crippen MR) is 160 cm³/mol. The average molecular weight is 605 g/mol. The van der Waals surface area contributed by atoms with Gasteiger partial charge in [-0.05, 0) is 87.5 Å². The van der Waals surface area contributed by atoms with E-state index in [4.69, 9.17) is 42.0 Å². The predicted octanol–water partition coefficient (Wildman–Crippen LogP) is 8.75. The van der Waals surface area contributed by atoms with Crippen molar-refractivity contribution in [2.45, 2.75) is 69.1 Å². The van der Waals surface area contributed by atoms with Gasteiger partial charge in [0.25, 0.3) is 0 Å². The Balaban J connectivity index is 1.07. The van der Waals surface area contributed by atoms with Crippen LogP contribution in [0.15, 0.2) is 63.7 Å². The highest BCUT2D eigenvalue weighted by molar-refractivity contribution is 6.39. The molecule has 4 aromatic rings. The van der Waals surface area contributed by atoms with Gasteiger partial charge in [0.2, 0.25) is 11.7 Å². The SMILES string of the molecule is COC(=O)c1cccc(-c2noc(C34CCC(C=CCc5c(-c6c(Cl)cccc6Cl)noc5C5CC5)(CC3)CC4)n2)c1. The van der Waals surface area contributed by atoms with Crippen molar-refractivity contribution in [1.82, 2.24) is 15.3 Å². The number of esters is 1. The normalized spacial score (nSPS) is 23.5. The van der Waals surface area contributed by atoms with E-state index in [1.165, 1.54) is 7.11 Å². The maximum atomic E-state index is 12.0. The largest absolute Gasteiger partial charge is 0.465 e. The molecule has 42 heavy (non-hydrogen) atoms. The molecule has 9 heteroatoms. The topological polar surface area (TPSA) is 91.2 Å². The minimum atomic E-state index is -0.389. The number of carbonyl (C=O) groups excluding carboxylic acids is 1. The fourth-order valence-corrected chi connectivity index (χ4v) is 7.35. The van der Waals surface area contributed by atoms with Crippen molar-refractivity contribution in [3.05, 3.63) is 87.4 Å². The van der Waals surface area contributed by atoms with Crippen LogP contribution in [0.3, 0.4) is 0 Å². The fourth-order valence-electron chi connectivity index (χ4n) is 6.78. The second-order valence-electron chi connectivity index (χ2n) is 12.0. The first-order valence-corrected chi connectivity index (χ1v) is 15.3. The summed E-state index contributed by atoms with van der Waals surface area (Å²) in [5, 5.41) is 9.88. The van der Waals surface area contributed by atoms with Crippen molar-refractivity contribution in [3.8, 4) is 22.6 Å². The lowest BCUT2D eigenvalue weighted by atomic mass is 9.53. The lowest BCUT2D eigenvalue weighted by molar-refractivity contribution is 0.0563. The Morgan fingerprint density at radius 3 is 2.40 bits per heavy atom. The first-order chi connectivity index (χ1) is 20.4. The van der Waals surface area contributed by atoms with Gasteiger partial charge in [0.1, 0.15) is 11.5 Å². The Morgan fingerprint density at radius 1 is 1.00 bits per heavy atom. The van der Waals surface area contributed by atoms with Crippen LogP contribution in [0.4, 0.5) is 0 Å². The molecule has 4 saturated carbocycles. The minimum absolute atomic E-state index is 0.0948. The van der Waals surface area contributed by atoms with Crippen LogP contribution in [-0.2, 0) is 16.6 Å². The Kier molecular flexibility index (Phi) is 6.98. The van der Waals surface area contributed by atoms with Crippen molar-refractivity contribution in [2.75, 3.05) is 7.11 Å². The molecule has 7 nitrogen and oxygen atoms in total. The van der Waals surface area contributed by atoms with Crippen LogP contribution < -0.4 is 0 Å². The molecule has 4 aliphatic carbocycles. The van der Waals surface area contributed by atoms with Crippen LogP contribution in [0, 0.1) is 5.41 Å². The highest BCUT2D eigenvalue weighted by Gasteiger charge is 2.51. The molecule has 8 rings (SSSR count). The summed E-state index contributed by atoms with van der Waals surface area (Å²) >= 11 is 13.1. The van der Waals surface area contributed by atoms with Crippen LogP contribution in [0.1, 0.15) is 84.9 Å². The molecule has 0 N–H and O–H groups in total. The van der Waals surface area contributed by atoms with Crippen LogP contribution in [0.25, 0.3) is 22.6 Å². The molecule has 4 aliphatic rings. The van der Waals surface area contributed by atoms with E-state index < -0.39 is 0 Å². The molecular weight excluding hydrogens is 573 g/mol. The molecule has 0 radical (unpaired) electrons. The summed E-state index contributed by atoms with van der Waals surface area (Å²) in [6, 6.07) is 12.7. The number of hydrogen-bond donors (Lipinski definition) is 0. The minimum Gasteiger partial charge on any atom is -0.465 e. The van der Waals surface area contributed by atoms with Gasteiger partial charge in [0.15, 0.2) is 0 Å². The third-order valence-corrected chi connectivity index (χ3v) is 10.1. The standard InChI is InChI=1S/C33H31Cl2N3O4/c1-40-30(39)22-6-2-5-21(19-22)29-36-31(42-38-29)33-16-13-32(14-17-33,15-18-33)12-4-7-23-27(37-41-28(23)20-10-11-20)26-24(34)8-3-9-25(26)35/h2-6,8-9,12,19-20H,7,10-11,13-18H2,1H3. The third kappa shape index (κ3) is 4.86. The number of nitrogens with zero attached hydrogens (tertiary/aromatic N) is 3. The summed E-state index contributed by atoms with van der Waals surface area (Å²) < 4.78 is 16.6. The maximum Gasteiger partial charge on any atom is 0.337 e. The molecule has 4 fully saturated rings. The van der Waals surface area contributed by atoms with Gasteiger partial charge < -0.3 is 13.8 Å². The van der Waals surface area contributed by atoms with E-state index in [0.29, 0.717) is 33.2 Å². The molecule has 2 aromatic carbocycles. The summed E-state index contributed by atoms with van der Waals surface area (Å²) in [6.45, 7) is 0. The average Bonchev–Trinajstić information content (AvgIpc) is 3.58. The monoisotopic (exact) mass is 603 g/mol. The molecular formula is C33H31Cl2N3O4. The lowest BCUT2D eigenvalue weighted by Crippen LogP contribution is -2.43. The zero-order chi connectivity index (χ0) is 28.9. The third-order valence-electron chi connectivity index (χ3n) is 9.49. The second-order valence-corrected chi connectivity index (χ2v) is 12.8. The highest BCUT2D eigenvalue weighted by Crippen LogP contribution is 2.58. The van der Waals surface area contributed by atoms with Crippen LogP contribution in [0.5, 0.6) is 0 Å². The molecule has 0 amide bonds. The Labute approximate surface area is 254 Å². The van der Waals surface area contributed by atoms with E-state index in [2.05, 4.69) is 22.5 Å². The van der Waals surface area contributed by atoms with Crippen molar-refractivity contribution < 1.29 is 18.6 Å². The molecule has 2 bridgehead atoms. The molecule has 0 atom stereocenters. The van der Waals surface area contributed by atoms with Gasteiger partial charge >= 0.3 is 5.97 Å². The quantitative estimate of drug-likeness (QED) is 0.147. The summed E-state index contributed by atoms with van der Waals surface area (Å²) in [4.78, 5) is 16.8. The van der Waals surface area contributed by atoms with Crippen LogP contribution >= 0.6 is 23.2 Å². The van der Waals surface area contributed by atoms with Gasteiger partial charge in [0.05, 0.1) is 22.7 Å². The van der Waals surface area contributed by atoms with Crippen molar-refractivity contribution >= 4 is 29.2 Å². The van der Waals surface area contributed by atoms with E-state index >= 15 is 0 Å². The van der Waals surface area contributed by atoms with Gasteiger partial charge in [-0.25, -0.2) is 4.79 Å². The number of fused-ring (bicyclic) bond motifs is 3. The summed E-state index contributed by atoms with van der Waals surface area (Å²) in [6.07, 6.45) is 13.9. The lowest BCUT2D eigenvalue weighted by Gasteiger charge is -2.50. The fraction of sp³-hybridized carbons (Fsp3) is 0.394. The second kappa shape index (κ2) is 10.7. The maximum absolute atomic E-state index is 12.0. The molecule has 2 aromatic heterocycles. The number of carbonyl (C=O) groups is 1. The molecule has 0 unspecified atom stereocenters. The summed E-state index contributed by atoms with van der Waals surface area (Å²) in [7, 11) is 1.37. The van der Waals surface area contributed by atoms with E-state index in [1.807, 2.05) is 24.3 Å². The number of allylic oxidation sites excluding steroid dienone is 2. The van der Waals surface area contributed by atoms with Crippen molar-refractivity contribution in [1.29, 1.82) is 0 Å². The summed E-state index contributed by atoms with van der Waals surface area (Å²) in [5.74, 6) is 2.22. The first kappa shape index (κ1) is 27.4. The molecule has 216 valence electrons. The highest BCUT2D eigenvalue weighted by atomic mass is 35.5.